The van der Waals surface area contributed by atoms with Gasteiger partial charge in [0.25, 0.3) is 12.3 Å². The van der Waals surface area contributed by atoms with Crippen molar-refractivity contribution >= 4 is 23.1 Å². The van der Waals surface area contributed by atoms with Crippen LogP contribution < -0.4 is 11.1 Å². The first-order valence-electron chi connectivity index (χ1n) is 8.88. The summed E-state index contributed by atoms with van der Waals surface area (Å²) in [7, 11) is 0. The number of anilines is 1. The maximum Gasteiger partial charge on any atom is 0.270 e. The van der Waals surface area contributed by atoms with Gasteiger partial charge in [0.2, 0.25) is 5.95 Å². The molecular formula is C19H18F2N6O. The molecule has 1 aliphatic rings. The van der Waals surface area contributed by atoms with Crippen molar-refractivity contribution in [3.63, 3.8) is 0 Å². The Morgan fingerprint density at radius 3 is 2.96 bits per heavy atom. The maximum atomic E-state index is 12.4. The van der Waals surface area contributed by atoms with Crippen LogP contribution in [0.5, 0.6) is 0 Å². The summed E-state index contributed by atoms with van der Waals surface area (Å²) in [5.41, 5.74) is 10.1. The molecule has 0 saturated heterocycles. The molecule has 0 bridgehead atoms. The summed E-state index contributed by atoms with van der Waals surface area (Å²) in [6.07, 6.45) is 6.98. The normalized spacial score (nSPS) is 13.9. The Bertz CT molecular complexity index is 1080. The van der Waals surface area contributed by atoms with E-state index in [0.717, 1.165) is 41.7 Å². The Morgan fingerprint density at radius 1 is 1.29 bits per heavy atom. The lowest BCUT2D eigenvalue weighted by Crippen LogP contribution is -2.29. The first-order chi connectivity index (χ1) is 13.5. The van der Waals surface area contributed by atoms with Crippen molar-refractivity contribution in [2.45, 2.75) is 25.7 Å². The molecule has 0 atom stereocenters. The van der Waals surface area contributed by atoms with Crippen LogP contribution in [0.3, 0.4) is 0 Å². The number of hydrogen-bond acceptors (Lipinski definition) is 5. The molecule has 0 saturated carbocycles. The zero-order valence-corrected chi connectivity index (χ0v) is 14.9. The van der Waals surface area contributed by atoms with Crippen molar-refractivity contribution in [2.24, 2.45) is 0 Å². The van der Waals surface area contributed by atoms with Crippen molar-refractivity contribution in [3.05, 3.63) is 59.3 Å². The van der Waals surface area contributed by atoms with Gasteiger partial charge in [-0.1, -0.05) is 6.08 Å². The number of carbonyl (C=O) groups is 1. The summed E-state index contributed by atoms with van der Waals surface area (Å²) in [6, 6.07) is 3.68. The standard InChI is InChI=1S/C19H18F2N6O/c20-16(21)9-24-18(28)15-8-23-17-6-5-11(10-27(15)17)12-3-1-2-4-14-13(12)7-25-19(22)26-14/h3,5-8,10,16H,1-2,4,9H2,(H,24,28)(H2,22,25,26). The lowest BCUT2D eigenvalue weighted by atomic mass is 9.99. The summed E-state index contributed by atoms with van der Waals surface area (Å²) in [6.45, 7) is -0.705. The fourth-order valence-electron chi connectivity index (χ4n) is 3.32. The molecule has 0 radical (unpaired) electrons. The Labute approximate surface area is 159 Å². The van der Waals surface area contributed by atoms with Gasteiger partial charge in [-0.25, -0.2) is 23.7 Å². The maximum absolute atomic E-state index is 12.4. The van der Waals surface area contributed by atoms with Crippen molar-refractivity contribution in [3.8, 4) is 0 Å². The van der Waals surface area contributed by atoms with Gasteiger partial charge in [-0.3, -0.25) is 9.20 Å². The number of nitrogens with two attached hydrogens (primary N) is 1. The van der Waals surface area contributed by atoms with Crippen LogP contribution in [0.2, 0.25) is 0 Å². The van der Waals surface area contributed by atoms with Crippen LogP contribution in [0.15, 0.2) is 36.8 Å². The SMILES string of the molecule is Nc1ncc2c(n1)CCCC=C2c1ccc2ncc(C(=O)NCC(F)F)n2c1. The third kappa shape index (κ3) is 3.42. The highest BCUT2D eigenvalue weighted by atomic mass is 19.3. The molecule has 144 valence electrons. The fourth-order valence-corrected chi connectivity index (χ4v) is 3.32. The summed E-state index contributed by atoms with van der Waals surface area (Å²) in [5, 5.41) is 2.21. The predicted molar refractivity (Wildman–Crippen MR) is 100.0 cm³/mol. The zero-order chi connectivity index (χ0) is 19.7. The number of alkyl halides is 2. The van der Waals surface area contributed by atoms with E-state index in [1.54, 1.807) is 22.9 Å². The molecule has 1 amide bonds. The molecule has 0 spiro atoms. The van der Waals surface area contributed by atoms with Crippen LogP contribution in [0.4, 0.5) is 14.7 Å². The molecule has 9 heteroatoms. The number of aryl methyl sites for hydroxylation is 1. The van der Waals surface area contributed by atoms with E-state index in [1.807, 2.05) is 6.07 Å². The first kappa shape index (κ1) is 18.0. The number of pyridine rings is 1. The number of hydrogen-bond donors (Lipinski definition) is 2. The van der Waals surface area contributed by atoms with E-state index >= 15 is 0 Å². The smallest absolute Gasteiger partial charge is 0.270 e. The highest BCUT2D eigenvalue weighted by Gasteiger charge is 2.18. The fraction of sp³-hybridized carbons (Fsp3) is 0.263. The number of aromatic nitrogens is 4. The van der Waals surface area contributed by atoms with Crippen LogP contribution in [0.1, 0.15) is 40.2 Å². The predicted octanol–water partition coefficient (Wildman–Crippen LogP) is 2.47. The molecule has 0 aliphatic heterocycles. The van der Waals surface area contributed by atoms with Crippen LogP contribution in [-0.4, -0.2) is 38.2 Å². The van der Waals surface area contributed by atoms with Gasteiger partial charge < -0.3 is 11.1 Å². The van der Waals surface area contributed by atoms with Gasteiger partial charge >= 0.3 is 0 Å². The number of nitrogens with zero attached hydrogens (tertiary/aromatic N) is 4. The molecule has 28 heavy (non-hydrogen) atoms. The number of carbonyl (C=O) groups excluding carboxylic acids is 1. The van der Waals surface area contributed by atoms with Gasteiger partial charge in [0.1, 0.15) is 11.3 Å². The van der Waals surface area contributed by atoms with Gasteiger partial charge in [0.05, 0.1) is 18.4 Å². The lowest BCUT2D eigenvalue weighted by Gasteiger charge is -2.12. The van der Waals surface area contributed by atoms with Crippen molar-refractivity contribution in [1.29, 1.82) is 0 Å². The minimum Gasteiger partial charge on any atom is -0.368 e. The number of nitrogen functional groups attached to an aromatic ring is 1. The third-order valence-corrected chi connectivity index (χ3v) is 4.61. The molecule has 1 aliphatic carbocycles. The van der Waals surface area contributed by atoms with E-state index in [-0.39, 0.29) is 11.6 Å². The topological polar surface area (TPSA) is 98.2 Å². The average Bonchev–Trinajstić information content (AvgIpc) is 2.99. The number of imidazole rings is 1. The summed E-state index contributed by atoms with van der Waals surface area (Å²) < 4.78 is 26.4. The summed E-state index contributed by atoms with van der Waals surface area (Å²) in [4.78, 5) is 24.9. The van der Waals surface area contributed by atoms with E-state index in [9.17, 15) is 13.6 Å². The Hall–Kier alpha value is -3.36. The van der Waals surface area contributed by atoms with Gasteiger partial charge in [-0.05, 0) is 42.5 Å². The van der Waals surface area contributed by atoms with E-state index < -0.39 is 18.9 Å². The van der Waals surface area contributed by atoms with Crippen LogP contribution in [0.25, 0.3) is 11.2 Å². The zero-order valence-electron chi connectivity index (χ0n) is 14.9. The summed E-state index contributed by atoms with van der Waals surface area (Å²) >= 11 is 0. The molecule has 3 aromatic rings. The monoisotopic (exact) mass is 384 g/mol. The Kier molecular flexibility index (Phi) is 4.72. The molecule has 4 rings (SSSR count). The van der Waals surface area contributed by atoms with Crippen molar-refractivity contribution in [1.82, 2.24) is 24.7 Å². The largest absolute Gasteiger partial charge is 0.368 e. The van der Waals surface area contributed by atoms with Crippen molar-refractivity contribution in [2.75, 3.05) is 12.3 Å². The number of nitrogens with one attached hydrogen (secondary N) is 1. The van der Waals surface area contributed by atoms with Crippen LogP contribution >= 0.6 is 0 Å². The molecule has 3 N–H and O–H groups in total. The highest BCUT2D eigenvalue weighted by molar-refractivity contribution is 5.93. The molecule has 7 nitrogen and oxygen atoms in total. The quantitative estimate of drug-likeness (QED) is 0.720. The third-order valence-electron chi connectivity index (χ3n) is 4.61. The number of rotatable bonds is 4. The number of fused-ring (bicyclic) bond motifs is 2. The second kappa shape index (κ2) is 7.34. The van der Waals surface area contributed by atoms with Gasteiger partial charge in [-0.2, -0.15) is 0 Å². The van der Waals surface area contributed by atoms with Gasteiger partial charge in [0.15, 0.2) is 0 Å². The highest BCUT2D eigenvalue weighted by Crippen LogP contribution is 2.30. The van der Waals surface area contributed by atoms with E-state index in [0.29, 0.717) is 5.65 Å². The Balaban J connectivity index is 1.75. The van der Waals surface area contributed by atoms with Gasteiger partial charge in [0, 0.05) is 18.0 Å². The van der Waals surface area contributed by atoms with Crippen LogP contribution in [-0.2, 0) is 6.42 Å². The minimum absolute atomic E-state index is 0.195. The van der Waals surface area contributed by atoms with E-state index in [2.05, 4.69) is 26.3 Å². The Morgan fingerprint density at radius 2 is 2.14 bits per heavy atom. The first-order valence-corrected chi connectivity index (χ1v) is 8.88. The van der Waals surface area contributed by atoms with Crippen LogP contribution in [0, 0.1) is 0 Å². The van der Waals surface area contributed by atoms with Gasteiger partial charge in [-0.15, -0.1) is 0 Å². The summed E-state index contributed by atoms with van der Waals surface area (Å²) in [5.74, 6) is -0.362. The molecular weight excluding hydrogens is 366 g/mol. The molecule has 0 fully saturated rings. The number of allylic oxidation sites excluding steroid dienone is 1. The lowest BCUT2D eigenvalue weighted by molar-refractivity contribution is 0.0886. The molecule has 3 heterocycles. The molecule has 0 unspecified atom stereocenters. The second-order valence-electron chi connectivity index (χ2n) is 6.49. The molecule has 3 aromatic heterocycles. The van der Waals surface area contributed by atoms with E-state index in [1.165, 1.54) is 6.20 Å². The van der Waals surface area contributed by atoms with E-state index in [4.69, 9.17) is 5.73 Å². The molecule has 0 aromatic carbocycles. The minimum atomic E-state index is -2.61. The van der Waals surface area contributed by atoms with Crippen molar-refractivity contribution < 1.29 is 13.6 Å². The number of amides is 1. The average molecular weight is 384 g/mol. The second-order valence-corrected chi connectivity index (χ2v) is 6.49. The number of halogens is 2.